The van der Waals surface area contributed by atoms with Crippen LogP contribution in [0.15, 0.2) is 39.9 Å². The van der Waals surface area contributed by atoms with E-state index < -0.39 is 29.8 Å². The highest BCUT2D eigenvalue weighted by Crippen LogP contribution is 2.56. The molecular weight excluding hydrogens is 461 g/mol. The summed E-state index contributed by atoms with van der Waals surface area (Å²) in [6, 6.07) is 5.85. The topological polar surface area (TPSA) is 72.5 Å². The van der Waals surface area contributed by atoms with Crippen LogP contribution in [-0.2, 0) is 16.7 Å². The molecule has 1 aromatic carbocycles. The molecule has 1 aromatic heterocycles. The molecule has 30 heavy (non-hydrogen) atoms. The smallest absolute Gasteiger partial charge is 0.283 e. The van der Waals surface area contributed by atoms with Crippen molar-refractivity contribution < 1.29 is 17.9 Å². The van der Waals surface area contributed by atoms with Crippen LogP contribution in [0.1, 0.15) is 42.1 Å². The van der Waals surface area contributed by atoms with E-state index in [9.17, 15) is 13.2 Å². The summed E-state index contributed by atoms with van der Waals surface area (Å²) in [7, 11) is 0. The summed E-state index contributed by atoms with van der Waals surface area (Å²) in [5, 5.41) is 3.36. The van der Waals surface area contributed by atoms with Gasteiger partial charge in [-0.3, -0.25) is 4.98 Å². The van der Waals surface area contributed by atoms with Crippen LogP contribution >= 0.6 is 15.9 Å². The number of anilines is 1. The Morgan fingerprint density at radius 2 is 2.13 bits per heavy atom. The number of pyridine rings is 1. The molecule has 9 heteroatoms. The summed E-state index contributed by atoms with van der Waals surface area (Å²) in [6.45, 7) is 0. The maximum Gasteiger partial charge on any atom is 0.283 e. The lowest BCUT2D eigenvalue weighted by atomic mass is 9.84. The number of nitrogens with two attached hydrogens (primary N) is 1. The van der Waals surface area contributed by atoms with Crippen LogP contribution in [0.2, 0.25) is 0 Å². The lowest BCUT2D eigenvalue weighted by Crippen LogP contribution is -2.43. The Kier molecular flexibility index (Phi) is 4.68. The van der Waals surface area contributed by atoms with Gasteiger partial charge < -0.3 is 15.8 Å². The molecule has 0 spiro atoms. The molecule has 158 valence electrons. The normalized spacial score (nSPS) is 29.5. The van der Waals surface area contributed by atoms with Crippen LogP contribution in [0.5, 0.6) is 0 Å². The van der Waals surface area contributed by atoms with E-state index in [1.807, 2.05) is 6.07 Å². The van der Waals surface area contributed by atoms with Gasteiger partial charge in [0.25, 0.3) is 12.4 Å². The maximum absolute atomic E-state index is 14.8. The van der Waals surface area contributed by atoms with Crippen molar-refractivity contribution in [3.05, 3.63) is 57.6 Å². The number of amidine groups is 1. The number of rotatable bonds is 4. The zero-order valence-electron chi connectivity index (χ0n) is 15.9. The summed E-state index contributed by atoms with van der Waals surface area (Å²) in [5.41, 5.74) is 6.09. The summed E-state index contributed by atoms with van der Waals surface area (Å²) in [5.74, 6) is -1.32. The number of aliphatic imine (C=N–C) groups is 1. The van der Waals surface area contributed by atoms with Gasteiger partial charge in [0, 0.05) is 27.8 Å². The van der Waals surface area contributed by atoms with Gasteiger partial charge in [-0.25, -0.2) is 18.2 Å². The first-order valence-electron chi connectivity index (χ1n) is 9.89. The number of alkyl halides is 2. The highest BCUT2D eigenvalue weighted by molar-refractivity contribution is 9.10. The number of hydrogen-bond acceptors (Lipinski definition) is 5. The van der Waals surface area contributed by atoms with Gasteiger partial charge in [-0.1, -0.05) is 0 Å². The second-order valence-electron chi connectivity index (χ2n) is 8.06. The number of aryl methyl sites for hydroxylation is 1. The summed E-state index contributed by atoms with van der Waals surface area (Å²) >= 11 is 3.44. The molecule has 1 aliphatic heterocycles. The minimum Gasteiger partial charge on any atom is -0.462 e. The number of halogens is 4. The third-order valence-electron chi connectivity index (χ3n) is 6.17. The Balaban J connectivity index is 1.52. The summed E-state index contributed by atoms with van der Waals surface area (Å²) < 4.78 is 49.6. The number of ether oxygens (including phenoxy) is 1. The van der Waals surface area contributed by atoms with E-state index >= 15 is 0 Å². The van der Waals surface area contributed by atoms with Gasteiger partial charge in [-0.15, -0.1) is 0 Å². The maximum atomic E-state index is 14.8. The van der Waals surface area contributed by atoms with Crippen molar-refractivity contribution >= 4 is 27.6 Å². The Morgan fingerprint density at radius 1 is 1.30 bits per heavy atom. The number of nitrogens with zero attached hydrogens (tertiary/aromatic N) is 2. The van der Waals surface area contributed by atoms with Gasteiger partial charge in [0.15, 0.2) is 5.54 Å². The van der Waals surface area contributed by atoms with Gasteiger partial charge >= 0.3 is 0 Å². The van der Waals surface area contributed by atoms with Crippen molar-refractivity contribution in [1.29, 1.82) is 0 Å². The fourth-order valence-corrected chi connectivity index (χ4v) is 5.08. The average Bonchev–Trinajstić information content (AvgIpc) is 3.48. The second kappa shape index (κ2) is 7.14. The SMILES string of the molecule is NC1=N[C@@](c2cc(NC3CCCc4cc(Br)cnc43)ccc2F)(C(F)F)[C@H]2C[C@H]2O1. The van der Waals surface area contributed by atoms with Crippen LogP contribution in [0.4, 0.5) is 18.9 Å². The number of nitrogens with one attached hydrogen (secondary N) is 1. The minimum absolute atomic E-state index is 0.0837. The van der Waals surface area contributed by atoms with Crippen molar-refractivity contribution in [1.82, 2.24) is 4.98 Å². The van der Waals surface area contributed by atoms with Crippen LogP contribution in [0.3, 0.4) is 0 Å². The number of aromatic nitrogens is 1. The van der Waals surface area contributed by atoms with Gasteiger partial charge in [0.05, 0.1) is 11.7 Å². The molecule has 2 heterocycles. The highest BCUT2D eigenvalue weighted by Gasteiger charge is 2.64. The fourth-order valence-electron chi connectivity index (χ4n) is 4.70. The second-order valence-corrected chi connectivity index (χ2v) is 8.97. The predicted molar refractivity (Wildman–Crippen MR) is 110 cm³/mol. The monoisotopic (exact) mass is 480 g/mol. The molecule has 5 rings (SSSR count). The first-order valence-corrected chi connectivity index (χ1v) is 10.7. The Hall–Kier alpha value is -2.29. The molecule has 3 aliphatic rings. The predicted octanol–water partition coefficient (Wildman–Crippen LogP) is 4.67. The minimum atomic E-state index is -2.91. The molecule has 2 aliphatic carbocycles. The molecule has 3 N–H and O–H groups in total. The standard InChI is InChI=1S/C21H20BrF3N4O/c22-11-6-10-2-1-3-16(18(10)27-9-11)28-12-4-5-15(23)13(7-12)21(19(24)25)14-8-17(14)30-20(26)29-21/h4-7,9,14,16-17,19,28H,1-3,8H2,(H2,26,29)/t14-,16?,17+,21+/m0/s1. The molecular formula is C21H20BrF3N4O. The van der Waals surface area contributed by atoms with E-state index in [2.05, 4.69) is 31.2 Å². The molecule has 4 atom stereocenters. The van der Waals surface area contributed by atoms with Crippen molar-refractivity contribution in [3.8, 4) is 0 Å². The molecule has 0 radical (unpaired) electrons. The lowest BCUT2D eigenvalue weighted by Gasteiger charge is -2.33. The molecule has 1 unspecified atom stereocenters. The van der Waals surface area contributed by atoms with E-state index in [0.717, 1.165) is 35.0 Å². The Labute approximate surface area is 180 Å². The van der Waals surface area contributed by atoms with Crippen LogP contribution in [0, 0.1) is 11.7 Å². The van der Waals surface area contributed by atoms with Crippen molar-refractivity contribution in [2.45, 2.75) is 49.8 Å². The molecule has 0 amide bonds. The van der Waals surface area contributed by atoms with Crippen LogP contribution < -0.4 is 11.1 Å². The highest BCUT2D eigenvalue weighted by atomic mass is 79.9. The summed E-state index contributed by atoms with van der Waals surface area (Å²) in [6.07, 6.45) is 1.51. The molecule has 1 fully saturated rings. The van der Waals surface area contributed by atoms with Gasteiger partial charge in [-0.05, 0) is 71.4 Å². The Bertz CT molecular complexity index is 1030. The van der Waals surface area contributed by atoms with Crippen molar-refractivity contribution in [3.63, 3.8) is 0 Å². The van der Waals surface area contributed by atoms with Gasteiger partial charge in [0.2, 0.25) is 0 Å². The molecule has 0 saturated heterocycles. The first-order chi connectivity index (χ1) is 14.4. The largest absolute Gasteiger partial charge is 0.462 e. The van der Waals surface area contributed by atoms with E-state index in [1.165, 1.54) is 12.1 Å². The molecule has 5 nitrogen and oxygen atoms in total. The van der Waals surface area contributed by atoms with Crippen LogP contribution in [0.25, 0.3) is 0 Å². The van der Waals surface area contributed by atoms with Gasteiger partial charge in [0.1, 0.15) is 11.9 Å². The van der Waals surface area contributed by atoms with Crippen LogP contribution in [-0.4, -0.2) is 23.5 Å². The number of benzene rings is 1. The van der Waals surface area contributed by atoms with E-state index in [1.54, 1.807) is 12.3 Å². The molecule has 2 aromatic rings. The fraction of sp³-hybridized carbons (Fsp3) is 0.429. The van der Waals surface area contributed by atoms with Crippen molar-refractivity contribution in [2.24, 2.45) is 16.6 Å². The van der Waals surface area contributed by atoms with Crippen molar-refractivity contribution in [2.75, 3.05) is 5.32 Å². The van der Waals surface area contributed by atoms with E-state index in [4.69, 9.17) is 10.5 Å². The quantitative estimate of drug-likeness (QED) is 0.666. The van der Waals surface area contributed by atoms with Gasteiger partial charge in [-0.2, -0.15) is 0 Å². The zero-order valence-corrected chi connectivity index (χ0v) is 17.5. The number of hydrogen-bond donors (Lipinski definition) is 2. The van der Waals surface area contributed by atoms with E-state index in [-0.39, 0.29) is 17.6 Å². The third-order valence-corrected chi connectivity index (χ3v) is 6.61. The first kappa shape index (κ1) is 19.7. The molecule has 0 bridgehead atoms. The summed E-state index contributed by atoms with van der Waals surface area (Å²) in [4.78, 5) is 8.48. The third kappa shape index (κ3) is 3.14. The zero-order chi connectivity index (χ0) is 21.0. The Morgan fingerprint density at radius 3 is 2.93 bits per heavy atom. The van der Waals surface area contributed by atoms with E-state index in [0.29, 0.717) is 12.1 Å². The lowest BCUT2D eigenvalue weighted by molar-refractivity contribution is 0.0177. The average molecular weight is 481 g/mol. The number of fused-ring (bicyclic) bond motifs is 2. The molecule has 1 saturated carbocycles.